The van der Waals surface area contributed by atoms with Gasteiger partial charge in [-0.15, -0.1) is 0 Å². The van der Waals surface area contributed by atoms with E-state index in [2.05, 4.69) is 0 Å². The molecule has 0 unspecified atom stereocenters. The van der Waals surface area contributed by atoms with Crippen molar-refractivity contribution in [1.82, 2.24) is 0 Å². The molecule has 0 fully saturated rings. The number of sulfone groups is 3. The van der Waals surface area contributed by atoms with Crippen molar-refractivity contribution in [2.75, 3.05) is 42.7 Å². The van der Waals surface area contributed by atoms with Crippen LogP contribution in [0, 0.1) is 0 Å². The van der Waals surface area contributed by atoms with E-state index < -0.39 is 29.5 Å². The van der Waals surface area contributed by atoms with Crippen molar-refractivity contribution in [2.24, 2.45) is 0 Å². The number of benzene rings is 6. The maximum Gasteiger partial charge on any atom is 0.206 e. The summed E-state index contributed by atoms with van der Waals surface area (Å²) < 4.78 is 72.2. The fourth-order valence-electron chi connectivity index (χ4n) is 4.01. The molecule has 0 spiro atoms. The number of hydrogen-bond acceptors (Lipinski definition) is 12. The van der Waals surface area contributed by atoms with Crippen LogP contribution in [0.25, 0.3) is 0 Å². The molecule has 318 valence electrons. The molecule has 0 aliphatic rings. The molecule has 17 heteroatoms. The summed E-state index contributed by atoms with van der Waals surface area (Å²) in [5, 5.41) is 42.0. The average molecular weight is 1020 g/mol. The summed E-state index contributed by atoms with van der Waals surface area (Å²) in [6.45, 7) is 0. The second kappa shape index (κ2) is 40.5. The molecule has 0 saturated carbocycles. The van der Waals surface area contributed by atoms with E-state index >= 15 is 0 Å². The Bertz CT molecular complexity index is 1730. The van der Waals surface area contributed by atoms with Gasteiger partial charge in [0.1, 0.15) is 0 Å². The van der Waals surface area contributed by atoms with Crippen molar-refractivity contribution in [1.29, 1.82) is 0 Å². The number of rotatable bonds is 6. The van der Waals surface area contributed by atoms with Gasteiger partial charge in [-0.05, 0) is 72.8 Å². The van der Waals surface area contributed by atoms with Gasteiger partial charge < -0.3 is 30.6 Å². The summed E-state index contributed by atoms with van der Waals surface area (Å²) in [6, 6.07) is 50.6. The second-order valence-corrected chi connectivity index (χ2v) is 15.2. The SMILES string of the molecule is CO.CO.CO.CO.CO.CO.O=S(=O)(c1ccccc1)c1ccccc1.O=S(=O)(c1ccccc1)c1ccccc1.O=S(=O)(c1ccccc1)c1ccccc1.[Y].[Y]. The van der Waals surface area contributed by atoms with Crippen LogP contribution in [0.15, 0.2) is 211 Å². The normalized spacial score (nSPS) is 9.15. The Morgan fingerprint density at radius 1 is 0.220 bits per heavy atom. The monoisotopic (exact) mass is 1020 g/mol. The smallest absolute Gasteiger partial charge is 0.206 e. The maximum absolute atomic E-state index is 12.0. The van der Waals surface area contributed by atoms with Crippen LogP contribution in [0.3, 0.4) is 0 Å². The third kappa shape index (κ3) is 23.6. The van der Waals surface area contributed by atoms with E-state index in [1.54, 1.807) is 182 Å². The van der Waals surface area contributed by atoms with Gasteiger partial charge >= 0.3 is 0 Å². The van der Waals surface area contributed by atoms with E-state index in [1.807, 2.05) is 0 Å². The van der Waals surface area contributed by atoms with E-state index in [0.717, 1.165) is 42.7 Å². The van der Waals surface area contributed by atoms with Gasteiger partial charge in [-0.3, -0.25) is 0 Å². The first-order valence-electron chi connectivity index (χ1n) is 16.4. The van der Waals surface area contributed by atoms with E-state index in [0.29, 0.717) is 29.4 Å². The van der Waals surface area contributed by atoms with Crippen molar-refractivity contribution < 1.29 is 121 Å². The molecule has 6 aromatic rings. The number of aliphatic hydroxyl groups is 6. The Morgan fingerprint density at radius 2 is 0.305 bits per heavy atom. The van der Waals surface area contributed by atoms with Crippen LogP contribution in [-0.4, -0.2) is 98.6 Å². The molecular weight excluding hydrogens is 970 g/mol. The zero-order chi connectivity index (χ0) is 44.2. The predicted octanol–water partition coefficient (Wildman–Crippen LogP) is 5.20. The van der Waals surface area contributed by atoms with Gasteiger partial charge in [0.25, 0.3) is 0 Å². The van der Waals surface area contributed by atoms with Gasteiger partial charge in [0.05, 0.1) is 29.4 Å². The van der Waals surface area contributed by atoms with E-state index in [9.17, 15) is 25.3 Å². The average Bonchev–Trinajstić information content (AvgIpc) is 3.32. The van der Waals surface area contributed by atoms with Crippen molar-refractivity contribution in [3.8, 4) is 0 Å². The Balaban J connectivity index is -0.000000215. The third-order valence-electron chi connectivity index (χ3n) is 6.32. The minimum atomic E-state index is -3.34. The van der Waals surface area contributed by atoms with Gasteiger partial charge in [-0.25, -0.2) is 25.3 Å². The summed E-state index contributed by atoms with van der Waals surface area (Å²) in [6.07, 6.45) is 0. The summed E-state index contributed by atoms with van der Waals surface area (Å²) in [5.41, 5.74) is 0. The fourth-order valence-corrected chi connectivity index (χ4v) is 7.92. The van der Waals surface area contributed by atoms with Crippen molar-refractivity contribution in [2.45, 2.75) is 29.4 Å². The molecule has 0 aliphatic carbocycles. The summed E-state index contributed by atoms with van der Waals surface area (Å²) in [4.78, 5) is 1.98. The van der Waals surface area contributed by atoms with E-state index in [-0.39, 0.29) is 65.4 Å². The first-order chi connectivity index (χ1) is 27.6. The van der Waals surface area contributed by atoms with Gasteiger partial charge in [0.15, 0.2) is 0 Å². The molecule has 12 nitrogen and oxygen atoms in total. The van der Waals surface area contributed by atoms with Crippen LogP contribution >= 0.6 is 0 Å². The minimum Gasteiger partial charge on any atom is -0.400 e. The topological polar surface area (TPSA) is 224 Å². The van der Waals surface area contributed by atoms with Crippen LogP contribution in [0.1, 0.15) is 0 Å². The Hall–Kier alpha value is -2.86. The zero-order valence-electron chi connectivity index (χ0n) is 33.8. The van der Waals surface area contributed by atoms with E-state index in [1.165, 1.54) is 0 Å². The largest absolute Gasteiger partial charge is 0.400 e. The van der Waals surface area contributed by atoms with Crippen LogP contribution in [-0.2, 0) is 94.9 Å². The Kier molecular flexibility index (Phi) is 44.8. The minimum absolute atomic E-state index is 0. The second-order valence-electron chi connectivity index (χ2n) is 9.39. The molecule has 6 aromatic carbocycles. The van der Waals surface area contributed by atoms with Gasteiger partial charge in [0, 0.05) is 108 Å². The number of hydrogen-bond donors (Lipinski definition) is 6. The van der Waals surface area contributed by atoms with Gasteiger partial charge in [0.2, 0.25) is 29.5 Å². The predicted molar refractivity (Wildman–Crippen MR) is 224 cm³/mol. The molecule has 0 bridgehead atoms. The molecule has 0 saturated heterocycles. The standard InChI is InChI=1S/3C12H10O2S.6CH4O.2Y/c3*13-15(14,11-7-3-1-4-8-11)12-9-5-2-6-10-12;6*1-2;;/h3*1-10H;6*2H,1H3;;. The molecule has 2 radical (unpaired) electrons. The number of aliphatic hydroxyl groups excluding tert-OH is 6. The molecule has 6 N–H and O–H groups in total. The molecular formula is C42H54O12S3Y2. The first kappa shape index (κ1) is 65.3. The molecule has 0 aromatic heterocycles. The Labute approximate surface area is 400 Å². The Morgan fingerprint density at radius 3 is 0.390 bits per heavy atom. The van der Waals surface area contributed by atoms with Crippen LogP contribution < -0.4 is 0 Å². The van der Waals surface area contributed by atoms with Crippen molar-refractivity contribution in [3.63, 3.8) is 0 Å². The van der Waals surface area contributed by atoms with Crippen LogP contribution in [0.4, 0.5) is 0 Å². The molecule has 6 rings (SSSR count). The molecule has 0 amide bonds. The third-order valence-corrected chi connectivity index (χ3v) is 11.7. The van der Waals surface area contributed by atoms with Crippen LogP contribution in [0.2, 0.25) is 0 Å². The summed E-state index contributed by atoms with van der Waals surface area (Å²) >= 11 is 0. The van der Waals surface area contributed by atoms with Crippen LogP contribution in [0.5, 0.6) is 0 Å². The van der Waals surface area contributed by atoms with Crippen molar-refractivity contribution in [3.05, 3.63) is 182 Å². The van der Waals surface area contributed by atoms with Gasteiger partial charge in [-0.1, -0.05) is 109 Å². The molecule has 0 atom stereocenters. The maximum atomic E-state index is 12.0. The fraction of sp³-hybridized carbons (Fsp3) is 0.143. The molecule has 59 heavy (non-hydrogen) atoms. The summed E-state index contributed by atoms with van der Waals surface area (Å²) in [7, 11) is -4.02. The quantitative estimate of drug-likeness (QED) is 0.127. The van der Waals surface area contributed by atoms with Crippen molar-refractivity contribution >= 4 is 29.5 Å². The van der Waals surface area contributed by atoms with Gasteiger partial charge in [-0.2, -0.15) is 0 Å². The molecule has 0 heterocycles. The van der Waals surface area contributed by atoms with E-state index in [4.69, 9.17) is 30.6 Å². The zero-order valence-corrected chi connectivity index (χ0v) is 42.0. The molecule has 0 aliphatic heterocycles. The first-order valence-corrected chi connectivity index (χ1v) is 20.8. The summed E-state index contributed by atoms with van der Waals surface area (Å²) in [5.74, 6) is 0.